The molecule has 0 bridgehead atoms. The number of sulfonamides is 1. The van der Waals surface area contributed by atoms with E-state index in [0.717, 1.165) is 0 Å². The molecule has 1 aromatic rings. The Morgan fingerprint density at radius 3 is 2.62 bits per heavy atom. The van der Waals surface area contributed by atoms with E-state index in [2.05, 4.69) is 10.2 Å². The number of aromatic nitrogens is 2. The summed E-state index contributed by atoms with van der Waals surface area (Å²) in [5.74, 6) is 0. The summed E-state index contributed by atoms with van der Waals surface area (Å²) < 4.78 is 25.8. The normalized spacial score (nSPS) is 22.8. The van der Waals surface area contributed by atoms with Crippen LogP contribution in [0, 0.1) is 13.8 Å². The molecule has 1 aliphatic rings. The molecule has 6 nitrogen and oxygen atoms in total. The van der Waals surface area contributed by atoms with E-state index >= 15 is 0 Å². The number of aliphatic hydroxyl groups excluding tert-OH is 1. The Labute approximate surface area is 94.3 Å². The van der Waals surface area contributed by atoms with Crippen molar-refractivity contribution in [3.63, 3.8) is 0 Å². The molecule has 0 radical (unpaired) electrons. The monoisotopic (exact) mass is 245 g/mol. The quantitative estimate of drug-likeness (QED) is 0.754. The van der Waals surface area contributed by atoms with E-state index in [1.54, 1.807) is 13.8 Å². The van der Waals surface area contributed by atoms with Crippen LogP contribution in [0.15, 0.2) is 4.90 Å². The summed E-state index contributed by atoms with van der Waals surface area (Å²) in [6.45, 7) is 3.88. The minimum Gasteiger partial charge on any atom is -0.392 e. The predicted molar refractivity (Wildman–Crippen MR) is 57.4 cm³/mol. The fraction of sp³-hybridized carbons (Fsp3) is 0.667. The van der Waals surface area contributed by atoms with E-state index in [1.165, 1.54) is 4.31 Å². The van der Waals surface area contributed by atoms with E-state index in [0.29, 0.717) is 24.4 Å². The van der Waals surface area contributed by atoms with Crippen molar-refractivity contribution < 1.29 is 13.5 Å². The van der Waals surface area contributed by atoms with Crippen molar-refractivity contribution in [2.24, 2.45) is 0 Å². The molecule has 0 amide bonds. The highest BCUT2D eigenvalue weighted by Crippen LogP contribution is 2.24. The number of β-amino-alcohol motifs (C(OH)–C–C–N with tert-alkyl or cyclic N) is 1. The maximum atomic E-state index is 12.2. The average Bonchev–Trinajstić information content (AvgIpc) is 2.74. The summed E-state index contributed by atoms with van der Waals surface area (Å²) in [4.78, 5) is 0.238. The van der Waals surface area contributed by atoms with Gasteiger partial charge >= 0.3 is 0 Å². The molecule has 0 aromatic carbocycles. The van der Waals surface area contributed by atoms with E-state index in [9.17, 15) is 13.5 Å². The van der Waals surface area contributed by atoms with Crippen molar-refractivity contribution >= 4 is 10.0 Å². The van der Waals surface area contributed by atoms with Crippen molar-refractivity contribution in [3.05, 3.63) is 11.4 Å². The number of aromatic amines is 1. The average molecular weight is 245 g/mol. The standard InChI is InChI=1S/C9H15N3O3S/c1-6-9(7(2)11-10-6)16(14,15)12-4-3-8(13)5-12/h8,13H,3-5H2,1-2H3,(H,10,11). The molecular formula is C9H15N3O3S. The van der Waals surface area contributed by atoms with E-state index < -0.39 is 16.1 Å². The summed E-state index contributed by atoms with van der Waals surface area (Å²) in [5, 5.41) is 15.9. The van der Waals surface area contributed by atoms with Gasteiger partial charge in [0.15, 0.2) is 0 Å². The molecule has 16 heavy (non-hydrogen) atoms. The third kappa shape index (κ3) is 1.74. The SMILES string of the molecule is Cc1n[nH]c(C)c1S(=O)(=O)N1CCC(O)C1. The number of nitrogens with zero attached hydrogens (tertiary/aromatic N) is 2. The molecule has 2 heterocycles. The lowest BCUT2D eigenvalue weighted by atomic mass is 10.3. The van der Waals surface area contributed by atoms with Gasteiger partial charge in [0.2, 0.25) is 10.0 Å². The van der Waals surface area contributed by atoms with Crippen molar-refractivity contribution in [2.45, 2.75) is 31.3 Å². The Hall–Kier alpha value is -0.920. The molecule has 1 unspecified atom stereocenters. The van der Waals surface area contributed by atoms with Crippen LogP contribution in [0.4, 0.5) is 0 Å². The Morgan fingerprint density at radius 2 is 2.19 bits per heavy atom. The zero-order chi connectivity index (χ0) is 11.9. The molecule has 1 saturated heterocycles. The number of aryl methyl sites for hydroxylation is 2. The minimum absolute atomic E-state index is 0.173. The number of H-pyrrole nitrogens is 1. The Balaban J connectivity index is 2.40. The van der Waals surface area contributed by atoms with Crippen molar-refractivity contribution in [1.82, 2.24) is 14.5 Å². The van der Waals surface area contributed by atoms with Crippen LogP contribution < -0.4 is 0 Å². The number of rotatable bonds is 2. The van der Waals surface area contributed by atoms with Crippen LogP contribution in [0.3, 0.4) is 0 Å². The second-order valence-corrected chi connectivity index (χ2v) is 5.94. The molecule has 1 aliphatic heterocycles. The highest BCUT2D eigenvalue weighted by molar-refractivity contribution is 7.89. The summed E-state index contributed by atoms with van der Waals surface area (Å²) in [7, 11) is -3.51. The van der Waals surface area contributed by atoms with Crippen LogP contribution >= 0.6 is 0 Å². The molecule has 90 valence electrons. The van der Waals surface area contributed by atoms with Crippen LogP contribution in [0.5, 0.6) is 0 Å². The van der Waals surface area contributed by atoms with Crippen molar-refractivity contribution in [1.29, 1.82) is 0 Å². The van der Waals surface area contributed by atoms with Gasteiger partial charge in [-0.25, -0.2) is 8.42 Å². The summed E-state index contributed by atoms with van der Waals surface area (Å²) in [5.41, 5.74) is 1.01. The highest BCUT2D eigenvalue weighted by Gasteiger charge is 2.34. The largest absolute Gasteiger partial charge is 0.392 e. The van der Waals surface area contributed by atoms with Gasteiger partial charge < -0.3 is 5.11 Å². The maximum Gasteiger partial charge on any atom is 0.246 e. The first-order valence-electron chi connectivity index (χ1n) is 5.12. The fourth-order valence-electron chi connectivity index (χ4n) is 1.98. The first-order chi connectivity index (χ1) is 7.43. The van der Waals surface area contributed by atoms with Crippen LogP contribution in [-0.4, -0.2) is 47.2 Å². The Morgan fingerprint density at radius 1 is 1.50 bits per heavy atom. The van der Waals surface area contributed by atoms with Crippen LogP contribution in [0.1, 0.15) is 17.8 Å². The van der Waals surface area contributed by atoms with E-state index in [4.69, 9.17) is 0 Å². The smallest absolute Gasteiger partial charge is 0.246 e. The van der Waals surface area contributed by atoms with Crippen molar-refractivity contribution in [3.8, 4) is 0 Å². The van der Waals surface area contributed by atoms with Crippen LogP contribution in [0.2, 0.25) is 0 Å². The number of hydrogen-bond acceptors (Lipinski definition) is 4. The molecule has 1 atom stereocenters. The Bertz CT molecular complexity index is 475. The van der Waals surface area contributed by atoms with Gasteiger partial charge in [-0.3, -0.25) is 5.10 Å². The summed E-state index contributed by atoms with van der Waals surface area (Å²) in [6, 6.07) is 0. The minimum atomic E-state index is -3.51. The summed E-state index contributed by atoms with van der Waals surface area (Å²) >= 11 is 0. The lowest BCUT2D eigenvalue weighted by Crippen LogP contribution is -2.30. The molecule has 7 heteroatoms. The Kier molecular flexibility index (Phi) is 2.77. The molecular weight excluding hydrogens is 230 g/mol. The zero-order valence-corrected chi connectivity index (χ0v) is 10.1. The fourth-order valence-corrected chi connectivity index (χ4v) is 3.80. The first kappa shape index (κ1) is 11.6. The van der Waals surface area contributed by atoms with Gasteiger partial charge in [0, 0.05) is 13.1 Å². The van der Waals surface area contributed by atoms with E-state index in [-0.39, 0.29) is 11.4 Å². The van der Waals surface area contributed by atoms with Crippen LogP contribution in [-0.2, 0) is 10.0 Å². The van der Waals surface area contributed by atoms with Crippen LogP contribution in [0.25, 0.3) is 0 Å². The van der Waals surface area contributed by atoms with Crippen molar-refractivity contribution in [2.75, 3.05) is 13.1 Å². The highest BCUT2D eigenvalue weighted by atomic mass is 32.2. The van der Waals surface area contributed by atoms with Gasteiger partial charge in [-0.15, -0.1) is 0 Å². The third-order valence-electron chi connectivity index (χ3n) is 2.78. The second-order valence-electron chi connectivity index (χ2n) is 4.07. The van der Waals surface area contributed by atoms with E-state index in [1.807, 2.05) is 0 Å². The van der Waals surface area contributed by atoms with Gasteiger partial charge in [-0.05, 0) is 20.3 Å². The van der Waals surface area contributed by atoms with Gasteiger partial charge in [0.05, 0.1) is 17.5 Å². The van der Waals surface area contributed by atoms with Gasteiger partial charge in [0.1, 0.15) is 4.90 Å². The molecule has 0 saturated carbocycles. The number of aliphatic hydroxyl groups is 1. The maximum absolute atomic E-state index is 12.2. The van der Waals surface area contributed by atoms with Gasteiger partial charge in [0.25, 0.3) is 0 Å². The number of hydrogen-bond donors (Lipinski definition) is 2. The first-order valence-corrected chi connectivity index (χ1v) is 6.56. The molecule has 1 aromatic heterocycles. The van der Waals surface area contributed by atoms with Gasteiger partial charge in [-0.2, -0.15) is 9.40 Å². The molecule has 1 fully saturated rings. The number of nitrogens with one attached hydrogen (secondary N) is 1. The zero-order valence-electron chi connectivity index (χ0n) is 9.27. The second kappa shape index (κ2) is 3.83. The lowest BCUT2D eigenvalue weighted by molar-refractivity contribution is 0.189. The predicted octanol–water partition coefficient (Wildman–Crippen LogP) is -0.218. The molecule has 2 N–H and O–H groups in total. The lowest BCUT2D eigenvalue weighted by Gasteiger charge is -2.15. The summed E-state index contributed by atoms with van der Waals surface area (Å²) in [6.07, 6.45) is -0.0582. The molecule has 0 aliphatic carbocycles. The van der Waals surface area contributed by atoms with Gasteiger partial charge in [-0.1, -0.05) is 0 Å². The molecule has 2 rings (SSSR count). The topological polar surface area (TPSA) is 86.3 Å². The third-order valence-corrected chi connectivity index (χ3v) is 4.91. The molecule has 0 spiro atoms.